The Bertz CT molecular complexity index is 968. The van der Waals surface area contributed by atoms with Crippen LogP contribution in [0.15, 0.2) is 54.2 Å². The van der Waals surface area contributed by atoms with Gasteiger partial charge >= 0.3 is 0 Å². The van der Waals surface area contributed by atoms with E-state index in [1.165, 1.54) is 4.90 Å². The molecule has 1 aromatic carbocycles. The number of aromatic nitrogens is 1. The van der Waals surface area contributed by atoms with Crippen LogP contribution in [-0.2, 0) is 14.3 Å². The zero-order valence-corrected chi connectivity index (χ0v) is 17.4. The lowest BCUT2D eigenvalue weighted by molar-refractivity contribution is -0.140. The van der Waals surface area contributed by atoms with Gasteiger partial charge in [0.05, 0.1) is 31.6 Å². The zero-order valence-electron chi connectivity index (χ0n) is 17.4. The Morgan fingerprint density at radius 1 is 1.13 bits per heavy atom. The maximum absolute atomic E-state index is 13.0. The van der Waals surface area contributed by atoms with Crippen LogP contribution in [0, 0.1) is 0 Å². The van der Waals surface area contributed by atoms with E-state index in [-0.39, 0.29) is 11.3 Å². The maximum atomic E-state index is 13.0. The van der Waals surface area contributed by atoms with Gasteiger partial charge in [0.1, 0.15) is 17.6 Å². The van der Waals surface area contributed by atoms with E-state index in [1.807, 2.05) is 0 Å². The zero-order chi connectivity index (χ0) is 21.8. The highest BCUT2D eigenvalue weighted by atomic mass is 16.5. The first-order valence-electron chi connectivity index (χ1n) is 10.2. The van der Waals surface area contributed by atoms with Crippen LogP contribution in [0.5, 0.6) is 5.75 Å². The number of carbonyl (C=O) groups excluding carboxylic acids is 2. The highest BCUT2D eigenvalue weighted by Crippen LogP contribution is 2.38. The SMILES string of the molecule is COc1ccc(/C(O)=C2\C(=O)C(=O)N(CCN3CCOCC3)[C@H]2c2ccccn2)cc1. The number of Topliss-reactive ketones (excluding diaryl/α,β-unsaturated/α-hetero) is 1. The molecular weight excluding hydrogens is 398 g/mol. The van der Waals surface area contributed by atoms with Crippen LogP contribution in [0.4, 0.5) is 0 Å². The number of morpholine rings is 1. The number of aliphatic hydroxyl groups is 1. The maximum Gasteiger partial charge on any atom is 0.295 e. The minimum Gasteiger partial charge on any atom is -0.507 e. The van der Waals surface area contributed by atoms with Crippen molar-refractivity contribution in [3.05, 3.63) is 65.5 Å². The first-order chi connectivity index (χ1) is 15.1. The van der Waals surface area contributed by atoms with Gasteiger partial charge < -0.3 is 19.5 Å². The second-order valence-corrected chi connectivity index (χ2v) is 7.43. The molecule has 8 nitrogen and oxygen atoms in total. The molecule has 0 unspecified atom stereocenters. The summed E-state index contributed by atoms with van der Waals surface area (Å²) >= 11 is 0. The Labute approximate surface area is 180 Å². The van der Waals surface area contributed by atoms with Crippen molar-refractivity contribution >= 4 is 17.4 Å². The predicted molar refractivity (Wildman–Crippen MR) is 113 cm³/mol. The molecule has 1 N–H and O–H groups in total. The van der Waals surface area contributed by atoms with Gasteiger partial charge in [-0.2, -0.15) is 0 Å². The highest BCUT2D eigenvalue weighted by Gasteiger charge is 2.46. The Balaban J connectivity index is 1.70. The van der Waals surface area contributed by atoms with Gasteiger partial charge in [-0.05, 0) is 36.4 Å². The summed E-state index contributed by atoms with van der Waals surface area (Å²) < 4.78 is 10.5. The summed E-state index contributed by atoms with van der Waals surface area (Å²) in [6.07, 6.45) is 1.62. The third-order valence-corrected chi connectivity index (χ3v) is 5.63. The van der Waals surface area contributed by atoms with Gasteiger partial charge in [0.2, 0.25) is 0 Å². The fourth-order valence-electron chi connectivity index (χ4n) is 3.93. The number of hydrogen-bond donors (Lipinski definition) is 1. The van der Waals surface area contributed by atoms with Gasteiger partial charge in [0.25, 0.3) is 11.7 Å². The van der Waals surface area contributed by atoms with E-state index in [9.17, 15) is 14.7 Å². The third kappa shape index (κ3) is 4.30. The Hall–Kier alpha value is -3.23. The van der Waals surface area contributed by atoms with Crippen molar-refractivity contribution in [1.82, 2.24) is 14.8 Å². The number of hydrogen-bond acceptors (Lipinski definition) is 7. The molecule has 1 aromatic heterocycles. The van der Waals surface area contributed by atoms with E-state index in [2.05, 4.69) is 9.88 Å². The van der Waals surface area contributed by atoms with Crippen molar-refractivity contribution in [2.75, 3.05) is 46.5 Å². The molecule has 1 atom stereocenters. The van der Waals surface area contributed by atoms with Gasteiger partial charge in [-0.25, -0.2) is 0 Å². The van der Waals surface area contributed by atoms with Crippen LogP contribution < -0.4 is 4.74 Å². The van der Waals surface area contributed by atoms with Crippen LogP contribution in [0.25, 0.3) is 5.76 Å². The molecule has 0 saturated carbocycles. The van der Waals surface area contributed by atoms with Crippen molar-refractivity contribution in [1.29, 1.82) is 0 Å². The highest BCUT2D eigenvalue weighted by molar-refractivity contribution is 6.46. The molecule has 3 heterocycles. The van der Waals surface area contributed by atoms with E-state index in [0.29, 0.717) is 43.3 Å². The topological polar surface area (TPSA) is 92.2 Å². The van der Waals surface area contributed by atoms with Crippen molar-refractivity contribution in [3.8, 4) is 5.75 Å². The number of carbonyl (C=O) groups is 2. The van der Waals surface area contributed by atoms with E-state index in [0.717, 1.165) is 13.1 Å². The number of amides is 1. The van der Waals surface area contributed by atoms with Crippen LogP contribution in [0.2, 0.25) is 0 Å². The smallest absolute Gasteiger partial charge is 0.295 e. The lowest BCUT2D eigenvalue weighted by Crippen LogP contribution is -2.42. The summed E-state index contributed by atoms with van der Waals surface area (Å²) in [4.78, 5) is 34.0. The number of methoxy groups -OCH3 is 1. The average molecular weight is 423 g/mol. The lowest BCUT2D eigenvalue weighted by Gasteiger charge is -2.30. The van der Waals surface area contributed by atoms with Crippen molar-refractivity contribution in [2.45, 2.75) is 6.04 Å². The molecule has 2 fully saturated rings. The molecular formula is C23H25N3O5. The minimum absolute atomic E-state index is 0.0517. The normalized spacial score (nSPS) is 21.5. The molecule has 31 heavy (non-hydrogen) atoms. The van der Waals surface area contributed by atoms with Gasteiger partial charge in [-0.15, -0.1) is 0 Å². The van der Waals surface area contributed by atoms with Gasteiger partial charge in [-0.3, -0.25) is 19.5 Å². The van der Waals surface area contributed by atoms with Crippen LogP contribution >= 0.6 is 0 Å². The number of aliphatic hydroxyl groups excluding tert-OH is 1. The summed E-state index contributed by atoms with van der Waals surface area (Å²) in [6.45, 7) is 3.83. The molecule has 2 aliphatic heterocycles. The van der Waals surface area contributed by atoms with E-state index in [4.69, 9.17) is 9.47 Å². The first-order valence-corrected chi connectivity index (χ1v) is 10.2. The number of ketones is 1. The van der Waals surface area contributed by atoms with Gasteiger partial charge in [-0.1, -0.05) is 6.07 Å². The molecule has 4 rings (SSSR count). The Morgan fingerprint density at radius 2 is 1.87 bits per heavy atom. The van der Waals surface area contributed by atoms with E-state index in [1.54, 1.807) is 55.8 Å². The van der Waals surface area contributed by atoms with Crippen LogP contribution in [-0.4, -0.2) is 78.1 Å². The summed E-state index contributed by atoms with van der Waals surface area (Å²) in [5.41, 5.74) is 1.03. The van der Waals surface area contributed by atoms with Crippen molar-refractivity contribution < 1.29 is 24.2 Å². The number of likely N-dealkylation sites (tertiary alicyclic amines) is 1. The Kier molecular flexibility index (Phi) is 6.29. The third-order valence-electron chi connectivity index (χ3n) is 5.63. The van der Waals surface area contributed by atoms with Crippen molar-refractivity contribution in [3.63, 3.8) is 0 Å². The van der Waals surface area contributed by atoms with Gasteiger partial charge in [0.15, 0.2) is 0 Å². The number of rotatable bonds is 6. The molecule has 0 bridgehead atoms. The monoisotopic (exact) mass is 423 g/mol. The van der Waals surface area contributed by atoms with Crippen LogP contribution in [0.1, 0.15) is 17.3 Å². The van der Waals surface area contributed by atoms with Gasteiger partial charge in [0, 0.05) is 37.9 Å². The fraction of sp³-hybridized carbons (Fsp3) is 0.348. The average Bonchev–Trinajstić information content (AvgIpc) is 3.08. The summed E-state index contributed by atoms with van der Waals surface area (Å²) in [6, 6.07) is 11.3. The molecule has 162 valence electrons. The largest absolute Gasteiger partial charge is 0.507 e. The summed E-state index contributed by atoms with van der Waals surface area (Å²) in [7, 11) is 1.55. The summed E-state index contributed by atoms with van der Waals surface area (Å²) in [5, 5.41) is 11.0. The number of ether oxygens (including phenoxy) is 2. The molecule has 2 aromatic rings. The molecule has 1 amide bonds. The Morgan fingerprint density at radius 3 is 2.52 bits per heavy atom. The lowest BCUT2D eigenvalue weighted by atomic mass is 9.98. The number of nitrogens with zero attached hydrogens (tertiary/aromatic N) is 3. The molecule has 0 aliphatic carbocycles. The second-order valence-electron chi connectivity index (χ2n) is 7.43. The molecule has 2 saturated heterocycles. The fourth-order valence-corrected chi connectivity index (χ4v) is 3.93. The number of benzene rings is 1. The summed E-state index contributed by atoms with van der Waals surface area (Å²) in [5.74, 6) is -0.917. The van der Waals surface area contributed by atoms with E-state index < -0.39 is 17.7 Å². The van der Waals surface area contributed by atoms with E-state index >= 15 is 0 Å². The standard InChI is InChI=1S/C23H25N3O5/c1-30-17-7-5-16(6-8-17)21(27)19-20(18-4-2-3-9-24-18)26(23(29)22(19)28)11-10-25-12-14-31-15-13-25/h2-9,20,27H,10-15H2,1H3/b21-19+/t20-/m0/s1. The predicted octanol–water partition coefficient (Wildman–Crippen LogP) is 1.84. The molecule has 2 aliphatic rings. The molecule has 8 heteroatoms. The first kappa shape index (κ1) is 21.0. The molecule has 0 radical (unpaired) electrons. The van der Waals surface area contributed by atoms with Crippen molar-refractivity contribution in [2.24, 2.45) is 0 Å². The molecule has 0 spiro atoms. The van der Waals surface area contributed by atoms with Crippen LogP contribution in [0.3, 0.4) is 0 Å². The number of pyridine rings is 1. The minimum atomic E-state index is -0.746. The second kappa shape index (κ2) is 9.28. The quantitative estimate of drug-likeness (QED) is 0.431.